The van der Waals surface area contributed by atoms with Crippen LogP contribution in [0, 0.1) is 0 Å². The Bertz CT molecular complexity index is 289. The zero-order valence-electron chi connectivity index (χ0n) is 8.22. The predicted molar refractivity (Wildman–Crippen MR) is 64.4 cm³/mol. The van der Waals surface area contributed by atoms with Crippen molar-refractivity contribution in [1.82, 2.24) is 0 Å². The van der Waals surface area contributed by atoms with Gasteiger partial charge < -0.3 is 4.74 Å². The summed E-state index contributed by atoms with van der Waals surface area (Å²) in [4.78, 5) is 0. The van der Waals surface area contributed by atoms with Crippen molar-refractivity contribution in [2.24, 2.45) is 0 Å². The minimum Gasteiger partial charge on any atom is -0.496 e. The lowest BCUT2D eigenvalue weighted by atomic mass is 10.1. The van der Waals surface area contributed by atoms with Gasteiger partial charge in [-0.1, -0.05) is 6.07 Å². The number of unbranched alkanes of at least 4 members (excludes halogenated alkanes) is 1. The van der Waals surface area contributed by atoms with Crippen molar-refractivity contribution < 1.29 is 4.74 Å². The lowest BCUT2D eigenvalue weighted by molar-refractivity contribution is 0.412. The molecule has 78 valence electrons. The summed E-state index contributed by atoms with van der Waals surface area (Å²) >= 11 is 9.08. The first-order chi connectivity index (χ1) is 6.77. The largest absolute Gasteiger partial charge is 0.496 e. The van der Waals surface area contributed by atoms with E-state index in [1.165, 1.54) is 5.56 Å². The molecule has 0 unspecified atom stereocenters. The van der Waals surface area contributed by atoms with E-state index in [2.05, 4.69) is 28.1 Å². The smallest absolute Gasteiger partial charge is 0.133 e. The Morgan fingerprint density at radius 3 is 2.71 bits per heavy atom. The molecule has 0 aliphatic rings. The highest BCUT2D eigenvalue weighted by Gasteiger charge is 2.00. The van der Waals surface area contributed by atoms with Crippen molar-refractivity contribution in [2.75, 3.05) is 13.0 Å². The number of rotatable bonds is 5. The molecule has 0 aliphatic carbocycles. The van der Waals surface area contributed by atoms with Gasteiger partial charge in [-0.05, 0) is 52.9 Å². The molecule has 0 saturated heterocycles. The molecule has 0 aliphatic heterocycles. The molecular formula is C11H14BrClO. The fraction of sp³-hybridized carbons (Fsp3) is 0.455. The molecule has 3 heteroatoms. The van der Waals surface area contributed by atoms with Crippen molar-refractivity contribution in [3.8, 4) is 5.75 Å². The van der Waals surface area contributed by atoms with Gasteiger partial charge >= 0.3 is 0 Å². The van der Waals surface area contributed by atoms with Crippen LogP contribution in [0.2, 0.25) is 0 Å². The van der Waals surface area contributed by atoms with Crippen molar-refractivity contribution in [2.45, 2.75) is 19.3 Å². The standard InChI is InChI=1S/C11H14BrClO/c1-14-11-6-5-9(8-10(11)12)4-2-3-7-13/h5-6,8H,2-4,7H2,1H3. The highest BCUT2D eigenvalue weighted by molar-refractivity contribution is 9.10. The maximum Gasteiger partial charge on any atom is 0.133 e. The molecule has 1 aromatic carbocycles. The van der Waals surface area contributed by atoms with Crippen LogP contribution >= 0.6 is 27.5 Å². The van der Waals surface area contributed by atoms with Crippen molar-refractivity contribution in [1.29, 1.82) is 0 Å². The van der Waals surface area contributed by atoms with Crippen LogP contribution in [0.15, 0.2) is 22.7 Å². The second-order valence-electron chi connectivity index (χ2n) is 3.11. The summed E-state index contributed by atoms with van der Waals surface area (Å²) in [7, 11) is 1.67. The van der Waals surface area contributed by atoms with Crippen LogP contribution in [0.25, 0.3) is 0 Å². The molecule has 0 spiro atoms. The molecule has 0 bridgehead atoms. The number of alkyl halides is 1. The zero-order chi connectivity index (χ0) is 10.4. The molecule has 0 radical (unpaired) electrons. The van der Waals surface area contributed by atoms with E-state index in [4.69, 9.17) is 16.3 Å². The van der Waals surface area contributed by atoms with Crippen LogP contribution in [0.4, 0.5) is 0 Å². The summed E-state index contributed by atoms with van der Waals surface area (Å²) in [5.74, 6) is 1.63. The van der Waals surface area contributed by atoms with Crippen LogP contribution in [-0.4, -0.2) is 13.0 Å². The molecule has 1 rings (SSSR count). The number of aryl methyl sites for hydroxylation is 1. The van der Waals surface area contributed by atoms with Gasteiger partial charge in [0.2, 0.25) is 0 Å². The summed E-state index contributed by atoms with van der Waals surface area (Å²) in [6.45, 7) is 0. The van der Waals surface area contributed by atoms with E-state index in [1.54, 1.807) is 7.11 Å². The minimum atomic E-state index is 0.747. The van der Waals surface area contributed by atoms with Crippen LogP contribution in [0.3, 0.4) is 0 Å². The SMILES string of the molecule is COc1ccc(CCCCCl)cc1Br. The van der Waals surface area contributed by atoms with Crippen LogP contribution in [0.1, 0.15) is 18.4 Å². The Morgan fingerprint density at radius 2 is 2.14 bits per heavy atom. The Morgan fingerprint density at radius 1 is 1.36 bits per heavy atom. The van der Waals surface area contributed by atoms with Crippen LogP contribution in [0.5, 0.6) is 5.75 Å². The van der Waals surface area contributed by atoms with Crippen LogP contribution in [-0.2, 0) is 6.42 Å². The van der Waals surface area contributed by atoms with Crippen molar-refractivity contribution in [3.63, 3.8) is 0 Å². The van der Waals surface area contributed by atoms with E-state index in [0.29, 0.717) is 0 Å². The molecular weight excluding hydrogens is 263 g/mol. The first-order valence-corrected chi connectivity index (χ1v) is 5.99. The molecule has 0 N–H and O–H groups in total. The van der Waals surface area contributed by atoms with E-state index >= 15 is 0 Å². The normalized spacial score (nSPS) is 10.2. The Kier molecular flexibility index (Phi) is 5.34. The van der Waals surface area contributed by atoms with Gasteiger partial charge in [-0.25, -0.2) is 0 Å². The summed E-state index contributed by atoms with van der Waals surface area (Å²) < 4.78 is 6.17. The molecule has 1 aromatic rings. The van der Waals surface area contributed by atoms with Gasteiger partial charge in [-0.3, -0.25) is 0 Å². The maximum atomic E-state index is 5.62. The average molecular weight is 278 g/mol. The van der Waals surface area contributed by atoms with Crippen molar-refractivity contribution in [3.05, 3.63) is 28.2 Å². The Labute approximate surface area is 98.5 Å². The van der Waals surface area contributed by atoms with Gasteiger partial charge in [-0.15, -0.1) is 11.6 Å². The van der Waals surface area contributed by atoms with Gasteiger partial charge in [0, 0.05) is 5.88 Å². The third-order valence-corrected chi connectivity index (χ3v) is 2.95. The average Bonchev–Trinajstić information content (AvgIpc) is 2.18. The minimum absolute atomic E-state index is 0.747. The Hall–Kier alpha value is -0.210. The van der Waals surface area contributed by atoms with Gasteiger partial charge in [0.1, 0.15) is 5.75 Å². The number of benzene rings is 1. The number of hydrogen-bond acceptors (Lipinski definition) is 1. The summed E-state index contributed by atoms with van der Waals surface area (Å²) in [6, 6.07) is 6.19. The van der Waals surface area contributed by atoms with E-state index < -0.39 is 0 Å². The Balaban J connectivity index is 2.57. The molecule has 0 heterocycles. The topological polar surface area (TPSA) is 9.23 Å². The fourth-order valence-corrected chi connectivity index (χ4v) is 2.07. The summed E-state index contributed by atoms with van der Waals surface area (Å²) in [5.41, 5.74) is 1.32. The second kappa shape index (κ2) is 6.31. The number of ether oxygens (including phenoxy) is 1. The molecule has 0 amide bonds. The monoisotopic (exact) mass is 276 g/mol. The third kappa shape index (κ3) is 3.50. The van der Waals surface area contributed by atoms with Gasteiger partial charge in [0.05, 0.1) is 11.6 Å². The lowest BCUT2D eigenvalue weighted by Crippen LogP contribution is -1.89. The molecule has 0 saturated carbocycles. The highest BCUT2D eigenvalue weighted by Crippen LogP contribution is 2.26. The predicted octanol–water partition coefficient (Wildman–Crippen LogP) is 4.02. The third-order valence-electron chi connectivity index (χ3n) is 2.07. The van der Waals surface area contributed by atoms with Crippen molar-refractivity contribution >= 4 is 27.5 Å². The lowest BCUT2D eigenvalue weighted by Gasteiger charge is -2.05. The first-order valence-electron chi connectivity index (χ1n) is 4.66. The van der Waals surface area contributed by atoms with Gasteiger partial charge in [0.25, 0.3) is 0 Å². The zero-order valence-corrected chi connectivity index (χ0v) is 10.6. The van der Waals surface area contributed by atoms with E-state index in [0.717, 1.165) is 35.4 Å². The molecule has 0 atom stereocenters. The van der Waals surface area contributed by atoms with Gasteiger partial charge in [-0.2, -0.15) is 0 Å². The van der Waals surface area contributed by atoms with Crippen LogP contribution < -0.4 is 4.74 Å². The molecule has 0 fully saturated rings. The summed E-state index contributed by atoms with van der Waals surface area (Å²) in [5, 5.41) is 0. The van der Waals surface area contributed by atoms with E-state index in [1.807, 2.05) is 6.07 Å². The van der Waals surface area contributed by atoms with E-state index in [9.17, 15) is 0 Å². The number of hydrogen-bond donors (Lipinski definition) is 0. The second-order valence-corrected chi connectivity index (χ2v) is 4.35. The molecule has 14 heavy (non-hydrogen) atoms. The summed E-state index contributed by atoms with van der Waals surface area (Å²) in [6.07, 6.45) is 3.29. The number of halogens is 2. The molecule has 0 aromatic heterocycles. The maximum absolute atomic E-state index is 5.62. The quantitative estimate of drug-likeness (QED) is 0.583. The molecule has 1 nitrogen and oxygen atoms in total. The van der Waals surface area contributed by atoms with E-state index in [-0.39, 0.29) is 0 Å². The highest BCUT2D eigenvalue weighted by atomic mass is 79.9. The first kappa shape index (κ1) is 11.9. The number of methoxy groups -OCH3 is 1. The van der Waals surface area contributed by atoms with Gasteiger partial charge in [0.15, 0.2) is 0 Å². The fourth-order valence-electron chi connectivity index (χ4n) is 1.29.